The van der Waals surface area contributed by atoms with E-state index in [1.807, 2.05) is 41.4 Å². The van der Waals surface area contributed by atoms with Gasteiger partial charge in [-0.2, -0.15) is 0 Å². The van der Waals surface area contributed by atoms with Gasteiger partial charge in [-0.1, -0.05) is 36.7 Å². The molecule has 0 aliphatic carbocycles. The van der Waals surface area contributed by atoms with Crippen molar-refractivity contribution < 1.29 is 9.18 Å². The number of amides is 2. The molecule has 2 amide bonds. The van der Waals surface area contributed by atoms with E-state index in [2.05, 4.69) is 22.9 Å². The van der Waals surface area contributed by atoms with Crippen LogP contribution in [-0.4, -0.2) is 15.5 Å². The highest BCUT2D eigenvalue weighted by molar-refractivity contribution is 6.31. The maximum absolute atomic E-state index is 13.4. The second-order valence-electron chi connectivity index (χ2n) is 6.54. The van der Waals surface area contributed by atoms with Crippen molar-refractivity contribution in [3.05, 3.63) is 82.9 Å². The summed E-state index contributed by atoms with van der Waals surface area (Å²) in [6.07, 6.45) is 2.80. The third-order valence-corrected chi connectivity index (χ3v) is 5.20. The van der Waals surface area contributed by atoms with E-state index in [1.54, 1.807) is 0 Å². The minimum atomic E-state index is -0.511. The number of aromatic nitrogens is 1. The summed E-state index contributed by atoms with van der Waals surface area (Å²) in [6.45, 7) is 2.55. The van der Waals surface area contributed by atoms with E-state index in [4.69, 9.17) is 11.6 Å². The first-order valence-electron chi connectivity index (χ1n) is 8.86. The number of hydrogen-bond acceptors (Lipinski definition) is 1. The Balaban J connectivity index is 1.71. The zero-order chi connectivity index (χ0) is 19.0. The molecule has 4 nitrogen and oxygen atoms in total. The van der Waals surface area contributed by atoms with Gasteiger partial charge >= 0.3 is 6.03 Å². The predicted octanol–water partition coefficient (Wildman–Crippen LogP) is 5.77. The van der Waals surface area contributed by atoms with Crippen LogP contribution in [-0.2, 0) is 6.54 Å². The number of benzene rings is 2. The van der Waals surface area contributed by atoms with Gasteiger partial charge in [0.05, 0.1) is 23.3 Å². The summed E-state index contributed by atoms with van der Waals surface area (Å²) < 4.78 is 15.5. The van der Waals surface area contributed by atoms with Crippen molar-refractivity contribution in [2.75, 3.05) is 5.32 Å². The molecular formula is C21H19ClFN3O. The highest BCUT2D eigenvalue weighted by Gasteiger charge is 2.30. The smallest absolute Gasteiger partial charge is 0.318 e. The average Bonchev–Trinajstić information content (AvgIpc) is 3.09. The first-order chi connectivity index (χ1) is 13.1. The van der Waals surface area contributed by atoms with E-state index in [1.165, 1.54) is 18.2 Å². The van der Waals surface area contributed by atoms with E-state index < -0.39 is 5.82 Å². The van der Waals surface area contributed by atoms with E-state index in [0.29, 0.717) is 12.2 Å². The highest BCUT2D eigenvalue weighted by Crippen LogP contribution is 2.34. The molecule has 1 aliphatic rings. The van der Waals surface area contributed by atoms with E-state index in [9.17, 15) is 9.18 Å². The molecule has 4 rings (SSSR count). The Bertz CT molecular complexity index is 1000. The van der Waals surface area contributed by atoms with Gasteiger partial charge in [0.15, 0.2) is 0 Å². The zero-order valence-electron chi connectivity index (χ0n) is 14.8. The van der Waals surface area contributed by atoms with Crippen LogP contribution in [0.2, 0.25) is 5.02 Å². The normalized spacial score (nSPS) is 15.7. The second kappa shape index (κ2) is 7.08. The Kier molecular flexibility index (Phi) is 4.62. The molecule has 0 spiro atoms. The number of urea groups is 1. The Hall–Kier alpha value is -2.79. The number of anilines is 1. The zero-order valence-corrected chi connectivity index (χ0v) is 15.6. The number of para-hydroxylation sites is 1. The maximum Gasteiger partial charge on any atom is 0.322 e. The Morgan fingerprint density at radius 2 is 2.04 bits per heavy atom. The quantitative estimate of drug-likeness (QED) is 0.599. The fourth-order valence-corrected chi connectivity index (χ4v) is 3.81. The van der Waals surface area contributed by atoms with Crippen LogP contribution in [0.25, 0.3) is 5.69 Å². The molecule has 2 aromatic carbocycles. The third kappa shape index (κ3) is 3.19. The van der Waals surface area contributed by atoms with Gasteiger partial charge in [-0.15, -0.1) is 0 Å². The van der Waals surface area contributed by atoms with Gasteiger partial charge in [-0.05, 0) is 48.4 Å². The number of carbonyl (C=O) groups is 1. The van der Waals surface area contributed by atoms with Crippen LogP contribution >= 0.6 is 11.6 Å². The predicted molar refractivity (Wildman–Crippen MR) is 105 cm³/mol. The second-order valence-corrected chi connectivity index (χ2v) is 6.95. The SMILES string of the molecule is CC[C@H]1c2cccn2-c2ccccc2CN1C(=O)Nc1ccc(F)c(Cl)c1. The maximum atomic E-state index is 13.4. The monoisotopic (exact) mass is 383 g/mol. The standard InChI is InChI=1S/C21H19ClFN3O/c1-2-18-20-8-5-11-25(20)19-7-4-3-6-14(19)13-26(18)21(27)24-15-9-10-17(23)16(22)12-15/h3-12,18H,2,13H2,1H3,(H,24,27)/t18-/m0/s1. The number of hydrogen-bond donors (Lipinski definition) is 1. The van der Waals surface area contributed by atoms with E-state index in [-0.39, 0.29) is 17.1 Å². The molecule has 2 heterocycles. The van der Waals surface area contributed by atoms with Crippen LogP contribution in [0.5, 0.6) is 0 Å². The Morgan fingerprint density at radius 3 is 2.81 bits per heavy atom. The lowest BCUT2D eigenvalue weighted by Crippen LogP contribution is -2.37. The summed E-state index contributed by atoms with van der Waals surface area (Å²) >= 11 is 5.84. The molecule has 138 valence electrons. The van der Waals surface area contributed by atoms with E-state index in [0.717, 1.165) is 23.4 Å². The van der Waals surface area contributed by atoms with Crippen LogP contribution in [0.4, 0.5) is 14.9 Å². The Labute approximate surface area is 162 Å². The molecule has 0 saturated heterocycles. The van der Waals surface area contributed by atoms with Gasteiger partial charge in [0.2, 0.25) is 0 Å². The number of fused-ring (bicyclic) bond motifs is 3. The molecule has 6 heteroatoms. The first-order valence-corrected chi connectivity index (χ1v) is 9.24. The summed E-state index contributed by atoms with van der Waals surface area (Å²) in [5.41, 5.74) is 3.68. The van der Waals surface area contributed by atoms with Gasteiger partial charge in [-0.3, -0.25) is 0 Å². The van der Waals surface area contributed by atoms with Crippen molar-refractivity contribution in [3.63, 3.8) is 0 Å². The number of halogens is 2. The molecular weight excluding hydrogens is 365 g/mol. The fraction of sp³-hybridized carbons (Fsp3) is 0.190. The molecule has 1 aromatic heterocycles. The largest absolute Gasteiger partial charge is 0.322 e. The van der Waals surface area contributed by atoms with Gasteiger partial charge in [0.1, 0.15) is 5.82 Å². The van der Waals surface area contributed by atoms with Gasteiger partial charge < -0.3 is 14.8 Å². The molecule has 0 fully saturated rings. The lowest BCUT2D eigenvalue weighted by molar-refractivity contribution is 0.181. The van der Waals surface area contributed by atoms with E-state index >= 15 is 0 Å². The summed E-state index contributed by atoms with van der Waals surface area (Å²) in [6, 6.07) is 16.0. The molecule has 27 heavy (non-hydrogen) atoms. The minimum Gasteiger partial charge on any atom is -0.318 e. The molecule has 1 N–H and O–H groups in total. The van der Waals surface area contributed by atoms with Crippen molar-refractivity contribution in [2.45, 2.75) is 25.9 Å². The van der Waals surface area contributed by atoms with Gasteiger partial charge in [0, 0.05) is 17.6 Å². The topological polar surface area (TPSA) is 37.3 Å². The summed E-state index contributed by atoms with van der Waals surface area (Å²) in [7, 11) is 0. The molecule has 0 radical (unpaired) electrons. The molecule has 0 unspecified atom stereocenters. The van der Waals surface area contributed by atoms with Gasteiger partial charge in [-0.25, -0.2) is 9.18 Å². The first kappa shape index (κ1) is 17.6. The molecule has 0 bridgehead atoms. The van der Waals surface area contributed by atoms with Crippen LogP contribution in [0.15, 0.2) is 60.8 Å². The highest BCUT2D eigenvalue weighted by atomic mass is 35.5. The summed E-state index contributed by atoms with van der Waals surface area (Å²) in [5, 5.41) is 2.83. The van der Waals surface area contributed by atoms with Crippen LogP contribution in [0.3, 0.4) is 0 Å². The van der Waals surface area contributed by atoms with Gasteiger partial charge in [0.25, 0.3) is 0 Å². The van der Waals surface area contributed by atoms with Crippen LogP contribution in [0, 0.1) is 5.82 Å². The van der Waals surface area contributed by atoms with Crippen molar-refractivity contribution in [2.24, 2.45) is 0 Å². The van der Waals surface area contributed by atoms with Crippen molar-refractivity contribution in [3.8, 4) is 5.69 Å². The number of nitrogens with one attached hydrogen (secondary N) is 1. The van der Waals surface area contributed by atoms with Crippen LogP contribution < -0.4 is 5.32 Å². The molecule has 1 atom stereocenters. The average molecular weight is 384 g/mol. The lowest BCUT2D eigenvalue weighted by atomic mass is 10.1. The van der Waals surface area contributed by atoms with Crippen LogP contribution in [0.1, 0.15) is 30.6 Å². The Morgan fingerprint density at radius 1 is 1.22 bits per heavy atom. The minimum absolute atomic E-state index is 0.0186. The molecule has 0 saturated carbocycles. The molecule has 3 aromatic rings. The number of rotatable bonds is 2. The lowest BCUT2D eigenvalue weighted by Gasteiger charge is -2.29. The molecule has 1 aliphatic heterocycles. The number of nitrogens with zero attached hydrogens (tertiary/aromatic N) is 2. The van der Waals surface area contributed by atoms with Crippen molar-refractivity contribution in [1.82, 2.24) is 9.47 Å². The number of carbonyl (C=O) groups excluding carboxylic acids is 1. The van der Waals surface area contributed by atoms with Crippen molar-refractivity contribution in [1.29, 1.82) is 0 Å². The summed E-state index contributed by atoms with van der Waals surface area (Å²) in [5.74, 6) is -0.511. The summed E-state index contributed by atoms with van der Waals surface area (Å²) in [4.78, 5) is 14.9. The van der Waals surface area contributed by atoms with Crippen molar-refractivity contribution >= 4 is 23.3 Å². The third-order valence-electron chi connectivity index (χ3n) is 4.91. The fourth-order valence-electron chi connectivity index (χ4n) is 3.63.